The van der Waals surface area contributed by atoms with Crippen molar-refractivity contribution in [3.05, 3.63) is 79.0 Å². The summed E-state index contributed by atoms with van der Waals surface area (Å²) in [5.41, 5.74) is 2.26. The molecule has 147 valence electrons. The maximum atomic E-state index is 6.14. The number of piperidine rings is 1. The molecule has 29 heavy (non-hydrogen) atoms. The summed E-state index contributed by atoms with van der Waals surface area (Å²) >= 11 is 1.70. The third-order valence-corrected chi connectivity index (χ3v) is 6.30. The van der Waals surface area contributed by atoms with E-state index in [4.69, 9.17) is 9.72 Å². The van der Waals surface area contributed by atoms with E-state index in [-0.39, 0.29) is 0 Å². The first kappa shape index (κ1) is 18.3. The van der Waals surface area contributed by atoms with Crippen LogP contribution >= 0.6 is 11.3 Å². The molecule has 0 spiro atoms. The molecule has 0 atom stereocenters. The molecule has 2 aromatic carbocycles. The van der Waals surface area contributed by atoms with Crippen LogP contribution in [0.15, 0.2) is 71.9 Å². The average Bonchev–Trinajstić information content (AvgIpc) is 3.23. The number of ether oxygens (including phenoxy) is 1. The van der Waals surface area contributed by atoms with Crippen LogP contribution in [0, 0.1) is 6.54 Å². The fourth-order valence-corrected chi connectivity index (χ4v) is 4.67. The van der Waals surface area contributed by atoms with E-state index in [2.05, 4.69) is 63.8 Å². The van der Waals surface area contributed by atoms with Gasteiger partial charge in [0.2, 0.25) is 5.96 Å². The minimum atomic E-state index is 0.297. The Morgan fingerprint density at radius 2 is 1.79 bits per heavy atom. The van der Waals surface area contributed by atoms with Gasteiger partial charge < -0.3 is 9.64 Å². The van der Waals surface area contributed by atoms with Crippen molar-refractivity contribution in [2.24, 2.45) is 4.99 Å². The Labute approximate surface area is 175 Å². The van der Waals surface area contributed by atoms with E-state index in [1.54, 1.807) is 11.3 Å². The molecule has 0 amide bonds. The third-order valence-electron chi connectivity index (χ3n) is 5.27. The summed E-state index contributed by atoms with van der Waals surface area (Å²) in [7, 11) is 0. The van der Waals surface area contributed by atoms with E-state index in [9.17, 15) is 0 Å². The molecule has 1 aromatic heterocycles. The minimum Gasteiger partial charge on any atom is -0.373 e. The van der Waals surface area contributed by atoms with Crippen molar-refractivity contribution in [1.29, 1.82) is 0 Å². The second-order valence-corrected chi connectivity index (χ2v) is 8.25. The second kappa shape index (κ2) is 8.35. The summed E-state index contributed by atoms with van der Waals surface area (Å²) in [6, 6.07) is 18.6. The molecule has 5 nitrogen and oxygen atoms in total. The summed E-state index contributed by atoms with van der Waals surface area (Å²) in [5, 5.41) is 0.955. The molecule has 2 aliphatic heterocycles. The van der Waals surface area contributed by atoms with E-state index in [0.717, 1.165) is 42.5 Å². The molecule has 0 saturated carbocycles. The van der Waals surface area contributed by atoms with Crippen LogP contribution in [0.5, 0.6) is 0 Å². The normalized spacial score (nSPS) is 17.7. The Balaban J connectivity index is 1.24. The summed E-state index contributed by atoms with van der Waals surface area (Å²) in [5.74, 6) is 0.952. The molecule has 0 bridgehead atoms. The fraction of sp³-hybridized carbons (Fsp3) is 0.261. The number of fused-ring (bicyclic) bond motifs is 1. The minimum absolute atomic E-state index is 0.297. The van der Waals surface area contributed by atoms with Crippen LogP contribution in [-0.4, -0.2) is 35.0 Å². The zero-order chi connectivity index (χ0) is 19.5. The predicted molar refractivity (Wildman–Crippen MR) is 119 cm³/mol. The number of aliphatic imine (C=N–C) groups is 1. The van der Waals surface area contributed by atoms with Gasteiger partial charge in [-0.05, 0) is 36.6 Å². The predicted octanol–water partition coefficient (Wildman–Crippen LogP) is 4.83. The molecule has 5 rings (SSSR count). The average molecular weight is 404 g/mol. The molecular formula is C23H23N4OS. The summed E-state index contributed by atoms with van der Waals surface area (Å²) in [6.45, 7) is 4.60. The van der Waals surface area contributed by atoms with Gasteiger partial charge in [-0.15, -0.1) is 0 Å². The third kappa shape index (κ3) is 4.04. The lowest BCUT2D eigenvalue weighted by atomic mass is 10.1. The van der Waals surface area contributed by atoms with Gasteiger partial charge in [-0.2, -0.15) is 0 Å². The van der Waals surface area contributed by atoms with Gasteiger partial charge in [0, 0.05) is 19.3 Å². The molecular weight excluding hydrogens is 380 g/mol. The molecule has 3 aromatic rings. The largest absolute Gasteiger partial charge is 0.373 e. The van der Waals surface area contributed by atoms with Gasteiger partial charge in [-0.3, -0.25) is 4.90 Å². The van der Waals surface area contributed by atoms with E-state index >= 15 is 0 Å². The standard InChI is InChI=1S/C23H23N4OS/c1-2-7-18(8-3-1)17-28-19-11-15-26(16-12-19)22-24-13-6-14-27(22)23-25-20-9-4-5-10-21(20)29-23/h1-10,13-14,19H,11-12,15-17H2. The van der Waals surface area contributed by atoms with Crippen LogP contribution in [0.25, 0.3) is 10.2 Å². The summed E-state index contributed by atoms with van der Waals surface area (Å²) in [4.78, 5) is 13.9. The Kier molecular flexibility index (Phi) is 5.28. The molecule has 1 saturated heterocycles. The summed E-state index contributed by atoms with van der Waals surface area (Å²) in [6.07, 6.45) is 6.13. The maximum Gasteiger partial charge on any atom is 0.208 e. The quantitative estimate of drug-likeness (QED) is 0.626. The van der Waals surface area contributed by atoms with E-state index in [1.165, 1.54) is 10.3 Å². The van der Waals surface area contributed by atoms with Gasteiger partial charge in [-0.25, -0.2) is 9.98 Å². The lowest BCUT2D eigenvalue weighted by molar-refractivity contribution is 0.00818. The van der Waals surface area contributed by atoms with E-state index < -0.39 is 0 Å². The number of hydrogen-bond acceptors (Lipinski definition) is 6. The first-order chi connectivity index (χ1) is 14.4. The van der Waals surface area contributed by atoms with Crippen LogP contribution in [0.3, 0.4) is 0 Å². The Morgan fingerprint density at radius 3 is 2.62 bits per heavy atom. The number of thiazole rings is 1. The molecule has 0 N–H and O–H groups in total. The molecule has 2 aliphatic rings. The number of guanidine groups is 1. The zero-order valence-corrected chi connectivity index (χ0v) is 17.0. The lowest BCUT2D eigenvalue weighted by Crippen LogP contribution is -2.48. The highest BCUT2D eigenvalue weighted by Crippen LogP contribution is 2.31. The molecule has 3 heterocycles. The van der Waals surface area contributed by atoms with Gasteiger partial charge in [-0.1, -0.05) is 53.8 Å². The molecule has 0 aliphatic carbocycles. The number of benzene rings is 2. The van der Waals surface area contributed by atoms with Gasteiger partial charge in [0.25, 0.3) is 0 Å². The molecule has 1 fully saturated rings. The van der Waals surface area contributed by atoms with Gasteiger partial charge in [0.05, 0.1) is 29.5 Å². The number of hydrogen-bond donors (Lipinski definition) is 0. The monoisotopic (exact) mass is 403 g/mol. The number of aromatic nitrogens is 1. The number of anilines is 1. The Hall–Kier alpha value is -2.70. The van der Waals surface area contributed by atoms with Gasteiger partial charge in [0.1, 0.15) is 0 Å². The number of likely N-dealkylation sites (tertiary alicyclic amines) is 1. The van der Waals surface area contributed by atoms with Gasteiger partial charge >= 0.3 is 0 Å². The van der Waals surface area contributed by atoms with Crippen molar-refractivity contribution in [1.82, 2.24) is 9.88 Å². The smallest absolute Gasteiger partial charge is 0.208 e. The second-order valence-electron chi connectivity index (χ2n) is 7.24. The van der Waals surface area contributed by atoms with Crippen LogP contribution in [0.4, 0.5) is 5.13 Å². The van der Waals surface area contributed by atoms with E-state index in [1.807, 2.05) is 24.4 Å². The number of nitrogens with zero attached hydrogens (tertiary/aromatic N) is 4. The van der Waals surface area contributed by atoms with Crippen molar-refractivity contribution in [3.8, 4) is 0 Å². The Bertz CT molecular complexity index is 989. The van der Waals surface area contributed by atoms with Crippen LogP contribution < -0.4 is 4.90 Å². The van der Waals surface area contributed by atoms with Crippen molar-refractivity contribution < 1.29 is 4.74 Å². The molecule has 6 heteroatoms. The van der Waals surface area contributed by atoms with Crippen molar-refractivity contribution in [3.63, 3.8) is 0 Å². The first-order valence-corrected chi connectivity index (χ1v) is 10.8. The topological polar surface area (TPSA) is 41.0 Å². The maximum absolute atomic E-state index is 6.14. The highest BCUT2D eigenvalue weighted by atomic mass is 32.1. The Morgan fingerprint density at radius 1 is 1.00 bits per heavy atom. The van der Waals surface area contributed by atoms with Crippen LogP contribution in [0.2, 0.25) is 0 Å². The highest BCUT2D eigenvalue weighted by molar-refractivity contribution is 7.22. The van der Waals surface area contributed by atoms with Crippen molar-refractivity contribution in [2.45, 2.75) is 25.6 Å². The lowest BCUT2D eigenvalue weighted by Gasteiger charge is -2.38. The van der Waals surface area contributed by atoms with Crippen molar-refractivity contribution in [2.75, 3.05) is 18.0 Å². The SMILES string of the molecule is [CH]1C=CN=C(N2CCC(OCc3ccccc3)CC2)N1c1nc2ccccc2s1. The molecule has 1 radical (unpaired) electrons. The number of rotatable bonds is 4. The molecule has 0 unspecified atom stereocenters. The van der Waals surface area contributed by atoms with Crippen LogP contribution in [0.1, 0.15) is 18.4 Å². The first-order valence-electron chi connectivity index (χ1n) is 10.00. The van der Waals surface area contributed by atoms with Gasteiger partial charge in [0.15, 0.2) is 5.13 Å². The summed E-state index contributed by atoms with van der Waals surface area (Å²) < 4.78 is 7.34. The number of para-hydroxylation sites is 1. The zero-order valence-electron chi connectivity index (χ0n) is 16.1. The van der Waals surface area contributed by atoms with E-state index in [0.29, 0.717) is 12.7 Å². The highest BCUT2D eigenvalue weighted by Gasteiger charge is 2.28. The van der Waals surface area contributed by atoms with Crippen LogP contribution in [-0.2, 0) is 11.3 Å². The fourth-order valence-electron chi connectivity index (χ4n) is 3.72. The van der Waals surface area contributed by atoms with Crippen molar-refractivity contribution >= 4 is 32.6 Å².